The van der Waals surface area contributed by atoms with Crippen molar-refractivity contribution in [2.45, 2.75) is 22.7 Å². The summed E-state index contributed by atoms with van der Waals surface area (Å²) in [6.07, 6.45) is 2.98. The molecule has 10 heteroatoms. The molecule has 4 aromatic carbocycles. The van der Waals surface area contributed by atoms with Crippen LogP contribution in [0.25, 0.3) is 6.08 Å². The molecule has 45 heavy (non-hydrogen) atoms. The first kappa shape index (κ1) is 30.0. The average Bonchev–Trinajstić information content (AvgIpc) is 3.65. The van der Waals surface area contributed by atoms with E-state index in [1.54, 1.807) is 48.5 Å². The highest BCUT2D eigenvalue weighted by Crippen LogP contribution is 2.43. The van der Waals surface area contributed by atoms with Crippen LogP contribution in [0.4, 0.5) is 9.52 Å². The molecule has 1 amide bonds. The molecule has 0 aliphatic carbocycles. The van der Waals surface area contributed by atoms with Gasteiger partial charge >= 0.3 is 0 Å². The van der Waals surface area contributed by atoms with Crippen LogP contribution in [0.3, 0.4) is 0 Å². The molecule has 6 rings (SSSR count). The summed E-state index contributed by atoms with van der Waals surface area (Å²) in [6, 6.07) is 31.5. The molecule has 1 atom stereocenters. The zero-order valence-corrected chi connectivity index (χ0v) is 25.4. The van der Waals surface area contributed by atoms with Gasteiger partial charge in [-0.2, -0.15) is 0 Å². The van der Waals surface area contributed by atoms with E-state index in [2.05, 4.69) is 10.2 Å². The molecule has 1 aliphatic rings. The molecule has 5 aromatic rings. The van der Waals surface area contributed by atoms with Crippen LogP contribution in [0.15, 0.2) is 131 Å². The molecule has 0 bridgehead atoms. The number of hydrogen-bond donors (Lipinski definition) is 1. The largest absolute Gasteiger partial charge is 0.503 e. The summed E-state index contributed by atoms with van der Waals surface area (Å²) in [5, 5.41) is 19.7. The number of rotatable bonds is 11. The Balaban J connectivity index is 1.29. The van der Waals surface area contributed by atoms with Gasteiger partial charge in [0.1, 0.15) is 18.2 Å². The minimum Gasteiger partial charge on any atom is -0.503 e. The number of aliphatic hydroxyl groups is 1. The zero-order chi connectivity index (χ0) is 31.2. The molecular weight excluding hydrogens is 610 g/mol. The fourth-order valence-electron chi connectivity index (χ4n) is 4.80. The van der Waals surface area contributed by atoms with Gasteiger partial charge in [-0.1, -0.05) is 120 Å². The van der Waals surface area contributed by atoms with Crippen LogP contribution in [-0.2, 0) is 21.9 Å². The standard InChI is InChI=1S/C35H26FN3O4S2/c36-28-14-8-7-13-26(28)22-44-35-38-37-34(45-35)39-31(25-16-18-27(19-17-25)43-21-24-11-5-2-6-12-24)30(32(41)33(39)42)29(40)20-15-23-9-3-1-4-10-23/h1-20,31,41H,21-22H2/b20-15+. The summed E-state index contributed by atoms with van der Waals surface area (Å²) < 4.78 is 20.6. The third-order valence-electron chi connectivity index (χ3n) is 7.06. The number of aromatic nitrogens is 2. The second kappa shape index (κ2) is 13.7. The summed E-state index contributed by atoms with van der Waals surface area (Å²) in [5.41, 5.74) is 2.83. The predicted octanol–water partition coefficient (Wildman–Crippen LogP) is 7.73. The van der Waals surface area contributed by atoms with Crippen molar-refractivity contribution in [2.24, 2.45) is 0 Å². The SMILES string of the molecule is O=C(/C=C/c1ccccc1)C1=C(O)C(=O)N(c2nnc(SCc3ccccc3F)s2)C1c1ccc(OCc2ccccc2)cc1. The third kappa shape index (κ3) is 6.87. The molecule has 2 heterocycles. The fraction of sp³-hybridized carbons (Fsp3) is 0.0857. The second-order valence-corrected chi connectivity index (χ2v) is 12.2. The molecule has 224 valence electrons. The predicted molar refractivity (Wildman–Crippen MR) is 173 cm³/mol. The normalized spacial score (nSPS) is 14.8. The second-order valence-electron chi connectivity index (χ2n) is 10.0. The van der Waals surface area contributed by atoms with Crippen LogP contribution in [0.1, 0.15) is 28.3 Å². The van der Waals surface area contributed by atoms with Gasteiger partial charge < -0.3 is 9.84 Å². The number of ketones is 1. The Hall–Kier alpha value is -5.06. The van der Waals surface area contributed by atoms with E-state index in [4.69, 9.17) is 4.74 Å². The van der Waals surface area contributed by atoms with Gasteiger partial charge in [0.15, 0.2) is 15.9 Å². The molecule has 0 radical (unpaired) electrons. The highest BCUT2D eigenvalue weighted by Gasteiger charge is 2.45. The van der Waals surface area contributed by atoms with Crippen LogP contribution in [0, 0.1) is 5.82 Å². The maximum Gasteiger partial charge on any atom is 0.296 e. The van der Waals surface area contributed by atoms with E-state index >= 15 is 0 Å². The number of allylic oxidation sites excluding steroid dienone is 1. The number of ether oxygens (including phenoxy) is 1. The first-order valence-electron chi connectivity index (χ1n) is 14.0. The number of benzene rings is 4. The lowest BCUT2D eigenvalue weighted by atomic mass is 9.95. The highest BCUT2D eigenvalue weighted by molar-refractivity contribution is 8.00. The number of carbonyl (C=O) groups excluding carboxylic acids is 2. The Bertz CT molecular complexity index is 1880. The van der Waals surface area contributed by atoms with E-state index < -0.39 is 23.5 Å². The quantitative estimate of drug-likeness (QED) is 0.0902. The summed E-state index contributed by atoms with van der Waals surface area (Å²) >= 11 is 2.40. The lowest BCUT2D eigenvalue weighted by Gasteiger charge is -2.24. The average molecular weight is 636 g/mol. The molecule has 0 spiro atoms. The van der Waals surface area contributed by atoms with Crippen molar-refractivity contribution in [3.63, 3.8) is 0 Å². The van der Waals surface area contributed by atoms with Crippen LogP contribution in [-0.4, -0.2) is 27.0 Å². The monoisotopic (exact) mass is 635 g/mol. The highest BCUT2D eigenvalue weighted by atomic mass is 32.2. The van der Waals surface area contributed by atoms with Gasteiger partial charge in [-0.05, 0) is 46.5 Å². The van der Waals surface area contributed by atoms with Crippen molar-refractivity contribution in [3.05, 3.63) is 155 Å². The van der Waals surface area contributed by atoms with Crippen LogP contribution < -0.4 is 9.64 Å². The third-order valence-corrected chi connectivity index (χ3v) is 9.16. The summed E-state index contributed by atoms with van der Waals surface area (Å²) in [6.45, 7) is 0.376. The smallest absolute Gasteiger partial charge is 0.296 e. The molecule has 1 N–H and O–H groups in total. The van der Waals surface area contributed by atoms with Crippen molar-refractivity contribution in [1.82, 2.24) is 10.2 Å². The topological polar surface area (TPSA) is 92.6 Å². The number of anilines is 1. The van der Waals surface area contributed by atoms with Crippen molar-refractivity contribution in [2.75, 3.05) is 4.90 Å². The maximum absolute atomic E-state index is 14.2. The lowest BCUT2D eigenvalue weighted by Crippen LogP contribution is -2.30. The Kier molecular flexibility index (Phi) is 9.14. The number of carbonyl (C=O) groups is 2. The van der Waals surface area contributed by atoms with Crippen molar-refractivity contribution in [3.8, 4) is 5.75 Å². The lowest BCUT2D eigenvalue weighted by molar-refractivity contribution is -0.117. The number of hydrogen-bond acceptors (Lipinski definition) is 8. The van der Waals surface area contributed by atoms with E-state index in [0.717, 1.165) is 22.5 Å². The molecule has 1 aromatic heterocycles. The van der Waals surface area contributed by atoms with Gasteiger partial charge in [-0.3, -0.25) is 14.5 Å². The van der Waals surface area contributed by atoms with Gasteiger partial charge in [0.05, 0.1) is 11.6 Å². The fourth-order valence-corrected chi connectivity index (χ4v) is 6.65. The van der Waals surface area contributed by atoms with E-state index in [9.17, 15) is 19.1 Å². The van der Waals surface area contributed by atoms with E-state index in [1.165, 1.54) is 28.8 Å². The Morgan fingerprint density at radius 1 is 0.933 bits per heavy atom. The molecule has 7 nitrogen and oxygen atoms in total. The van der Waals surface area contributed by atoms with Crippen LogP contribution in [0.5, 0.6) is 5.75 Å². The van der Waals surface area contributed by atoms with Crippen LogP contribution >= 0.6 is 23.1 Å². The van der Waals surface area contributed by atoms with Crippen molar-refractivity contribution < 1.29 is 23.8 Å². The van der Waals surface area contributed by atoms with Gasteiger partial charge in [0.2, 0.25) is 5.13 Å². The van der Waals surface area contributed by atoms with E-state index in [0.29, 0.717) is 33.6 Å². The maximum atomic E-state index is 14.2. The molecule has 0 saturated carbocycles. The number of thioether (sulfide) groups is 1. The summed E-state index contributed by atoms with van der Waals surface area (Å²) in [5.74, 6) is -1.32. The Labute approximate surface area is 267 Å². The minimum atomic E-state index is -0.967. The molecule has 0 fully saturated rings. The van der Waals surface area contributed by atoms with Gasteiger partial charge in [0, 0.05) is 5.75 Å². The van der Waals surface area contributed by atoms with Gasteiger partial charge in [0.25, 0.3) is 5.91 Å². The van der Waals surface area contributed by atoms with Gasteiger partial charge in [-0.15, -0.1) is 10.2 Å². The first-order chi connectivity index (χ1) is 22.0. The van der Waals surface area contributed by atoms with E-state index in [-0.39, 0.29) is 16.5 Å². The molecular formula is C35H26FN3O4S2. The van der Waals surface area contributed by atoms with E-state index in [1.807, 2.05) is 60.7 Å². The summed E-state index contributed by atoms with van der Waals surface area (Å²) in [7, 11) is 0. The molecule has 0 saturated heterocycles. The van der Waals surface area contributed by atoms with Gasteiger partial charge in [-0.25, -0.2) is 4.39 Å². The Morgan fingerprint density at radius 3 is 2.36 bits per heavy atom. The number of aliphatic hydroxyl groups excluding tert-OH is 1. The van der Waals surface area contributed by atoms with Crippen molar-refractivity contribution >= 4 is 46.0 Å². The Morgan fingerprint density at radius 2 is 1.62 bits per heavy atom. The molecule has 1 unspecified atom stereocenters. The number of nitrogens with zero attached hydrogens (tertiary/aromatic N) is 3. The zero-order valence-electron chi connectivity index (χ0n) is 23.7. The number of amides is 1. The minimum absolute atomic E-state index is 0.0686. The first-order valence-corrected chi connectivity index (χ1v) is 15.8. The molecule has 1 aliphatic heterocycles. The van der Waals surface area contributed by atoms with Crippen molar-refractivity contribution in [1.29, 1.82) is 0 Å². The number of halogens is 1. The van der Waals surface area contributed by atoms with Crippen LogP contribution in [0.2, 0.25) is 0 Å². The summed E-state index contributed by atoms with van der Waals surface area (Å²) in [4.78, 5) is 28.4.